The molecule has 1 aromatic carbocycles. The van der Waals surface area contributed by atoms with E-state index < -0.39 is 33.2 Å². The second-order valence-electron chi connectivity index (χ2n) is 6.36. The zero-order valence-corrected chi connectivity index (χ0v) is 17.5. The molecule has 0 fully saturated rings. The van der Waals surface area contributed by atoms with Crippen LogP contribution in [0.3, 0.4) is 0 Å². The molecule has 2 heterocycles. The van der Waals surface area contributed by atoms with Gasteiger partial charge in [0.2, 0.25) is 0 Å². The molecule has 30 heavy (non-hydrogen) atoms. The Morgan fingerprint density at radius 1 is 1.27 bits per heavy atom. The lowest BCUT2D eigenvalue weighted by molar-refractivity contribution is -0.384. The first-order valence-corrected chi connectivity index (χ1v) is 11.5. The van der Waals surface area contributed by atoms with E-state index in [2.05, 4.69) is 5.32 Å². The number of benzene rings is 1. The Labute approximate surface area is 175 Å². The highest BCUT2D eigenvalue weighted by Crippen LogP contribution is 2.38. The van der Waals surface area contributed by atoms with Gasteiger partial charge in [0.1, 0.15) is 10.8 Å². The van der Waals surface area contributed by atoms with Gasteiger partial charge in [0.25, 0.3) is 11.6 Å². The summed E-state index contributed by atoms with van der Waals surface area (Å²) in [6.07, 6.45) is 0.178. The van der Waals surface area contributed by atoms with E-state index in [4.69, 9.17) is 9.47 Å². The summed E-state index contributed by atoms with van der Waals surface area (Å²) in [7, 11) is -3.25. The van der Waals surface area contributed by atoms with Gasteiger partial charge < -0.3 is 14.8 Å². The molecule has 1 N–H and O–H groups in total. The van der Waals surface area contributed by atoms with Gasteiger partial charge in [-0.25, -0.2) is 13.2 Å². The minimum Gasteiger partial charge on any atom is -0.484 e. The Hall–Kier alpha value is -2.99. The van der Waals surface area contributed by atoms with Gasteiger partial charge in [0.15, 0.2) is 16.4 Å². The summed E-state index contributed by atoms with van der Waals surface area (Å²) < 4.78 is 34.2. The molecule has 0 bridgehead atoms. The minimum absolute atomic E-state index is 0.0697. The Morgan fingerprint density at radius 2 is 1.97 bits per heavy atom. The van der Waals surface area contributed by atoms with Crippen LogP contribution in [0, 0.1) is 10.1 Å². The lowest BCUT2D eigenvalue weighted by atomic mass is 10.1. The highest BCUT2D eigenvalue weighted by atomic mass is 32.2. The van der Waals surface area contributed by atoms with Gasteiger partial charge in [0.05, 0.1) is 28.6 Å². The van der Waals surface area contributed by atoms with Crippen LogP contribution < -0.4 is 10.1 Å². The van der Waals surface area contributed by atoms with E-state index in [1.165, 1.54) is 24.3 Å². The predicted octanol–water partition coefficient (Wildman–Crippen LogP) is 2.32. The summed E-state index contributed by atoms with van der Waals surface area (Å²) in [4.78, 5) is 35.4. The first-order valence-electron chi connectivity index (χ1n) is 8.89. The largest absolute Gasteiger partial charge is 0.484 e. The van der Waals surface area contributed by atoms with Crippen molar-refractivity contribution in [2.24, 2.45) is 0 Å². The molecular formula is C18H18N2O8S2. The van der Waals surface area contributed by atoms with E-state index in [9.17, 15) is 28.1 Å². The smallest absolute Gasteiger partial charge is 0.341 e. The highest BCUT2D eigenvalue weighted by Gasteiger charge is 2.32. The predicted molar refractivity (Wildman–Crippen MR) is 109 cm³/mol. The molecule has 1 aliphatic rings. The quantitative estimate of drug-likeness (QED) is 0.382. The molecule has 0 unspecified atom stereocenters. The molecule has 0 saturated heterocycles. The van der Waals surface area contributed by atoms with E-state index in [-0.39, 0.29) is 46.5 Å². The lowest BCUT2D eigenvalue weighted by Gasteiger charge is -2.13. The standard InChI is InChI=1S/C18H18N2O8S2/c1-2-27-18(22)16-13-7-8-30(25,26)10-14(13)29-17(16)19-15(21)9-28-12-5-3-11(4-6-12)20(23)24/h3-6H,2,7-10H2,1H3,(H,19,21). The van der Waals surface area contributed by atoms with E-state index >= 15 is 0 Å². The van der Waals surface area contributed by atoms with E-state index in [1.807, 2.05) is 0 Å². The Balaban J connectivity index is 1.74. The first kappa shape index (κ1) is 21.7. The van der Waals surface area contributed by atoms with Gasteiger partial charge in [-0.2, -0.15) is 0 Å². The fraction of sp³-hybridized carbons (Fsp3) is 0.333. The average molecular weight is 454 g/mol. The van der Waals surface area contributed by atoms with Crippen molar-refractivity contribution in [2.75, 3.05) is 24.3 Å². The summed E-state index contributed by atoms with van der Waals surface area (Å²) in [5.74, 6) is -1.19. The van der Waals surface area contributed by atoms with Crippen molar-refractivity contribution in [3.05, 3.63) is 50.4 Å². The molecular weight excluding hydrogens is 436 g/mol. The molecule has 1 amide bonds. The number of rotatable bonds is 7. The van der Waals surface area contributed by atoms with Crippen LogP contribution >= 0.6 is 11.3 Å². The van der Waals surface area contributed by atoms with Crippen molar-refractivity contribution in [3.63, 3.8) is 0 Å². The number of anilines is 1. The number of nitro benzene ring substituents is 1. The number of sulfone groups is 1. The fourth-order valence-electron chi connectivity index (χ4n) is 2.91. The van der Waals surface area contributed by atoms with Crippen LogP contribution in [0.5, 0.6) is 5.75 Å². The maximum Gasteiger partial charge on any atom is 0.341 e. The Kier molecular flexibility index (Phi) is 6.37. The van der Waals surface area contributed by atoms with Gasteiger partial charge in [-0.05, 0) is 31.0 Å². The molecule has 10 nitrogen and oxygen atoms in total. The number of ether oxygens (including phenoxy) is 2. The maximum absolute atomic E-state index is 12.4. The van der Waals surface area contributed by atoms with Crippen molar-refractivity contribution in [1.29, 1.82) is 0 Å². The summed E-state index contributed by atoms with van der Waals surface area (Å²) in [6.45, 7) is 1.39. The van der Waals surface area contributed by atoms with Crippen LogP contribution in [-0.4, -0.2) is 44.2 Å². The number of esters is 1. The monoisotopic (exact) mass is 454 g/mol. The third kappa shape index (κ3) is 4.94. The molecule has 1 aliphatic heterocycles. The van der Waals surface area contributed by atoms with Crippen LogP contribution in [0.1, 0.15) is 27.7 Å². The zero-order valence-electron chi connectivity index (χ0n) is 15.9. The molecule has 0 radical (unpaired) electrons. The van der Waals surface area contributed by atoms with Crippen LogP contribution in [-0.2, 0) is 31.5 Å². The number of amides is 1. The normalized spacial score (nSPS) is 14.4. The third-order valence-electron chi connectivity index (χ3n) is 4.25. The van der Waals surface area contributed by atoms with Gasteiger partial charge in [-0.3, -0.25) is 14.9 Å². The number of non-ortho nitro benzene ring substituents is 1. The molecule has 2 aromatic rings. The fourth-order valence-corrected chi connectivity index (χ4v) is 5.96. The molecule has 12 heteroatoms. The van der Waals surface area contributed by atoms with Gasteiger partial charge in [0, 0.05) is 17.0 Å². The second-order valence-corrected chi connectivity index (χ2v) is 9.65. The van der Waals surface area contributed by atoms with Crippen molar-refractivity contribution in [2.45, 2.75) is 19.1 Å². The van der Waals surface area contributed by atoms with Crippen molar-refractivity contribution < 1.29 is 32.4 Å². The molecule has 0 saturated carbocycles. The molecule has 0 spiro atoms. The molecule has 0 atom stereocenters. The van der Waals surface area contributed by atoms with Crippen molar-refractivity contribution in [1.82, 2.24) is 0 Å². The number of nitro groups is 1. The third-order valence-corrected chi connectivity index (χ3v) is 7.14. The summed E-state index contributed by atoms with van der Waals surface area (Å²) >= 11 is 1.03. The summed E-state index contributed by atoms with van der Waals surface area (Å²) in [5, 5.41) is 13.5. The molecule has 160 valence electrons. The topological polar surface area (TPSA) is 142 Å². The highest BCUT2D eigenvalue weighted by molar-refractivity contribution is 7.90. The number of carbonyl (C=O) groups excluding carboxylic acids is 2. The van der Waals surface area contributed by atoms with Crippen LogP contribution in [0.25, 0.3) is 0 Å². The zero-order chi connectivity index (χ0) is 21.9. The first-order chi connectivity index (χ1) is 14.2. The van der Waals surface area contributed by atoms with Crippen LogP contribution in [0.15, 0.2) is 24.3 Å². The van der Waals surface area contributed by atoms with Crippen LogP contribution in [0.4, 0.5) is 10.7 Å². The number of thiophene rings is 1. The van der Waals surface area contributed by atoms with E-state index in [0.717, 1.165) is 11.3 Å². The number of nitrogens with one attached hydrogen (secondary N) is 1. The summed E-state index contributed by atoms with van der Waals surface area (Å²) in [5.41, 5.74) is 0.653. The van der Waals surface area contributed by atoms with Crippen LogP contribution in [0.2, 0.25) is 0 Å². The lowest BCUT2D eigenvalue weighted by Crippen LogP contribution is -2.22. The Bertz CT molecular complexity index is 1090. The molecule has 3 rings (SSSR count). The average Bonchev–Trinajstić information content (AvgIpc) is 3.02. The summed E-state index contributed by atoms with van der Waals surface area (Å²) in [6, 6.07) is 5.23. The second kappa shape index (κ2) is 8.79. The van der Waals surface area contributed by atoms with Crippen molar-refractivity contribution in [3.8, 4) is 5.75 Å². The van der Waals surface area contributed by atoms with E-state index in [1.54, 1.807) is 6.92 Å². The minimum atomic E-state index is -3.25. The number of nitrogens with zero attached hydrogens (tertiary/aromatic N) is 1. The van der Waals surface area contributed by atoms with Gasteiger partial charge in [-0.1, -0.05) is 0 Å². The molecule has 1 aromatic heterocycles. The maximum atomic E-state index is 12.4. The number of hydrogen-bond donors (Lipinski definition) is 1. The SMILES string of the molecule is CCOC(=O)c1c(NC(=O)COc2ccc([N+](=O)[O-])cc2)sc2c1CCS(=O)(=O)C2. The number of carbonyl (C=O) groups is 2. The van der Waals surface area contributed by atoms with Gasteiger partial charge >= 0.3 is 5.97 Å². The van der Waals surface area contributed by atoms with E-state index in [0.29, 0.717) is 10.4 Å². The Morgan fingerprint density at radius 3 is 2.60 bits per heavy atom. The van der Waals surface area contributed by atoms with Gasteiger partial charge in [-0.15, -0.1) is 11.3 Å². The number of fused-ring (bicyclic) bond motifs is 1. The number of hydrogen-bond acceptors (Lipinski definition) is 9. The van der Waals surface area contributed by atoms with Crippen molar-refractivity contribution >= 4 is 43.7 Å². The molecule has 0 aliphatic carbocycles.